The van der Waals surface area contributed by atoms with Gasteiger partial charge in [0.2, 0.25) is 0 Å². The van der Waals surface area contributed by atoms with Crippen LogP contribution in [-0.2, 0) is 0 Å². The number of rotatable bonds is 4. The van der Waals surface area contributed by atoms with Crippen molar-refractivity contribution in [1.29, 1.82) is 0 Å². The van der Waals surface area contributed by atoms with E-state index in [4.69, 9.17) is 4.74 Å². The summed E-state index contributed by atoms with van der Waals surface area (Å²) in [5, 5.41) is 0. The Hall–Kier alpha value is -1.51. The summed E-state index contributed by atoms with van der Waals surface area (Å²) in [6.45, 7) is 4.95. The molecule has 3 nitrogen and oxygen atoms in total. The number of nitrogens with zero attached hydrogens (tertiary/aromatic N) is 2. The van der Waals surface area contributed by atoms with Gasteiger partial charge in [-0.25, -0.2) is 4.99 Å². The first kappa shape index (κ1) is 12.9. The highest BCUT2D eigenvalue weighted by Gasteiger charge is 2.04. The summed E-state index contributed by atoms with van der Waals surface area (Å²) >= 11 is 0. The normalized spacial score (nSPS) is 16.8. The molecule has 1 aliphatic rings. The minimum Gasteiger partial charge on any atom is -0.494 e. The van der Waals surface area contributed by atoms with E-state index < -0.39 is 0 Å². The van der Waals surface area contributed by atoms with Crippen molar-refractivity contribution in [2.75, 3.05) is 19.7 Å². The first-order chi connectivity index (χ1) is 8.88. The Morgan fingerprint density at radius 1 is 1.22 bits per heavy atom. The Bertz CT molecular complexity index is 382. The lowest BCUT2D eigenvalue weighted by Crippen LogP contribution is -2.22. The van der Waals surface area contributed by atoms with Crippen LogP contribution in [0.1, 0.15) is 32.6 Å². The quantitative estimate of drug-likeness (QED) is 0.598. The zero-order chi connectivity index (χ0) is 12.6. The molecule has 0 unspecified atom stereocenters. The van der Waals surface area contributed by atoms with Crippen molar-refractivity contribution in [3.05, 3.63) is 24.3 Å². The summed E-state index contributed by atoms with van der Waals surface area (Å²) < 4.78 is 5.47. The maximum atomic E-state index is 5.47. The van der Waals surface area contributed by atoms with E-state index in [1.807, 2.05) is 37.5 Å². The average molecular weight is 246 g/mol. The highest BCUT2D eigenvalue weighted by Crippen LogP contribution is 2.19. The van der Waals surface area contributed by atoms with Gasteiger partial charge in [-0.15, -0.1) is 0 Å². The molecule has 1 aromatic carbocycles. The highest BCUT2D eigenvalue weighted by atomic mass is 16.5. The molecule has 3 heteroatoms. The topological polar surface area (TPSA) is 24.8 Å². The Kier molecular flexibility index (Phi) is 5.06. The van der Waals surface area contributed by atoms with Gasteiger partial charge in [0, 0.05) is 19.2 Å². The fourth-order valence-electron chi connectivity index (χ4n) is 2.18. The number of ether oxygens (including phenoxy) is 1. The van der Waals surface area contributed by atoms with Gasteiger partial charge in [0.15, 0.2) is 0 Å². The van der Waals surface area contributed by atoms with Gasteiger partial charge in [-0.3, -0.25) is 0 Å². The molecule has 1 fully saturated rings. The SMILES string of the molecule is CCOc1cccc(N=CN2CCCCCC2)c1. The van der Waals surface area contributed by atoms with Crippen LogP contribution < -0.4 is 4.74 Å². The van der Waals surface area contributed by atoms with Crippen LogP contribution in [-0.4, -0.2) is 30.9 Å². The van der Waals surface area contributed by atoms with Gasteiger partial charge in [0.25, 0.3) is 0 Å². The molecule has 0 spiro atoms. The van der Waals surface area contributed by atoms with Gasteiger partial charge < -0.3 is 9.64 Å². The van der Waals surface area contributed by atoms with Crippen LogP contribution in [0.15, 0.2) is 29.3 Å². The van der Waals surface area contributed by atoms with E-state index in [9.17, 15) is 0 Å². The van der Waals surface area contributed by atoms with E-state index in [0.29, 0.717) is 6.61 Å². The smallest absolute Gasteiger partial charge is 0.121 e. The van der Waals surface area contributed by atoms with Crippen LogP contribution >= 0.6 is 0 Å². The summed E-state index contributed by atoms with van der Waals surface area (Å²) in [6, 6.07) is 7.95. The van der Waals surface area contributed by atoms with E-state index in [1.54, 1.807) is 0 Å². The summed E-state index contributed by atoms with van der Waals surface area (Å²) in [6.07, 6.45) is 7.25. The maximum absolute atomic E-state index is 5.47. The van der Waals surface area contributed by atoms with Crippen molar-refractivity contribution < 1.29 is 4.74 Å². The molecule has 1 aromatic rings. The van der Waals surface area contributed by atoms with Crippen molar-refractivity contribution in [1.82, 2.24) is 4.90 Å². The van der Waals surface area contributed by atoms with Gasteiger partial charge in [-0.2, -0.15) is 0 Å². The summed E-state index contributed by atoms with van der Waals surface area (Å²) in [5.41, 5.74) is 0.963. The fourth-order valence-corrected chi connectivity index (χ4v) is 2.18. The molecule has 98 valence electrons. The summed E-state index contributed by atoms with van der Waals surface area (Å²) in [7, 11) is 0. The summed E-state index contributed by atoms with van der Waals surface area (Å²) in [5.74, 6) is 0.892. The minimum absolute atomic E-state index is 0.694. The van der Waals surface area contributed by atoms with Gasteiger partial charge in [-0.05, 0) is 31.9 Å². The van der Waals surface area contributed by atoms with Gasteiger partial charge >= 0.3 is 0 Å². The van der Waals surface area contributed by atoms with Gasteiger partial charge in [-0.1, -0.05) is 18.9 Å². The van der Waals surface area contributed by atoms with Crippen LogP contribution in [0.4, 0.5) is 5.69 Å². The molecule has 18 heavy (non-hydrogen) atoms. The van der Waals surface area contributed by atoms with Crippen LogP contribution in [0.25, 0.3) is 0 Å². The van der Waals surface area contributed by atoms with Crippen LogP contribution in [0.3, 0.4) is 0 Å². The predicted molar refractivity (Wildman–Crippen MR) is 75.8 cm³/mol. The number of hydrogen-bond donors (Lipinski definition) is 0. The average Bonchev–Trinajstić information content (AvgIpc) is 2.66. The van der Waals surface area contributed by atoms with Crippen molar-refractivity contribution >= 4 is 12.0 Å². The summed E-state index contributed by atoms with van der Waals surface area (Å²) in [4.78, 5) is 6.86. The molecular formula is C15H22N2O. The second kappa shape index (κ2) is 7.04. The molecule has 0 atom stereocenters. The van der Waals surface area contributed by atoms with Crippen molar-refractivity contribution in [3.63, 3.8) is 0 Å². The number of benzene rings is 1. The Balaban J connectivity index is 1.96. The van der Waals surface area contributed by atoms with Crippen molar-refractivity contribution in [3.8, 4) is 5.75 Å². The molecule has 0 radical (unpaired) electrons. The van der Waals surface area contributed by atoms with E-state index in [-0.39, 0.29) is 0 Å². The molecule has 0 aliphatic carbocycles. The Morgan fingerprint density at radius 3 is 2.72 bits per heavy atom. The molecule has 0 bridgehead atoms. The van der Waals surface area contributed by atoms with Gasteiger partial charge in [0.05, 0.1) is 18.6 Å². The fraction of sp³-hybridized carbons (Fsp3) is 0.533. The third kappa shape index (κ3) is 4.06. The van der Waals surface area contributed by atoms with Crippen molar-refractivity contribution in [2.45, 2.75) is 32.6 Å². The molecule has 0 saturated carbocycles. The molecule has 0 aromatic heterocycles. The van der Waals surface area contributed by atoms with Crippen LogP contribution in [0, 0.1) is 0 Å². The predicted octanol–water partition coefficient (Wildman–Crippen LogP) is 3.62. The molecular weight excluding hydrogens is 224 g/mol. The Morgan fingerprint density at radius 2 is 2.00 bits per heavy atom. The molecule has 1 saturated heterocycles. The maximum Gasteiger partial charge on any atom is 0.121 e. The van der Waals surface area contributed by atoms with E-state index in [1.165, 1.54) is 25.7 Å². The standard InChI is InChI=1S/C15H22N2O/c1-2-18-15-9-7-8-14(12-15)16-13-17-10-5-3-4-6-11-17/h7-9,12-13H,2-6,10-11H2,1H3. The van der Waals surface area contributed by atoms with E-state index in [2.05, 4.69) is 9.89 Å². The molecule has 1 aliphatic heterocycles. The molecule has 1 heterocycles. The molecule has 0 amide bonds. The lowest BCUT2D eigenvalue weighted by Gasteiger charge is -2.15. The molecule has 0 N–H and O–H groups in total. The lowest BCUT2D eigenvalue weighted by atomic mass is 10.2. The van der Waals surface area contributed by atoms with Gasteiger partial charge in [0.1, 0.15) is 5.75 Å². The lowest BCUT2D eigenvalue weighted by molar-refractivity contribution is 0.340. The third-order valence-electron chi connectivity index (χ3n) is 3.14. The third-order valence-corrected chi connectivity index (χ3v) is 3.14. The van der Waals surface area contributed by atoms with Crippen molar-refractivity contribution in [2.24, 2.45) is 4.99 Å². The molecule has 2 rings (SSSR count). The zero-order valence-corrected chi connectivity index (χ0v) is 11.1. The first-order valence-electron chi connectivity index (χ1n) is 6.89. The van der Waals surface area contributed by atoms with E-state index in [0.717, 1.165) is 24.5 Å². The number of hydrogen-bond acceptors (Lipinski definition) is 2. The second-order valence-electron chi connectivity index (χ2n) is 4.63. The number of likely N-dealkylation sites (tertiary alicyclic amines) is 1. The highest BCUT2D eigenvalue weighted by molar-refractivity contribution is 5.62. The second-order valence-corrected chi connectivity index (χ2v) is 4.63. The first-order valence-corrected chi connectivity index (χ1v) is 6.89. The Labute approximate surface area is 109 Å². The monoisotopic (exact) mass is 246 g/mol. The largest absolute Gasteiger partial charge is 0.494 e. The van der Waals surface area contributed by atoms with E-state index >= 15 is 0 Å². The number of aliphatic imine (C=N–C) groups is 1. The van der Waals surface area contributed by atoms with Crippen LogP contribution in [0.5, 0.6) is 5.75 Å². The van der Waals surface area contributed by atoms with Crippen LogP contribution in [0.2, 0.25) is 0 Å². The zero-order valence-electron chi connectivity index (χ0n) is 11.1. The minimum atomic E-state index is 0.694.